The number of allylic oxidation sites excluding steroid dienone is 6. The second kappa shape index (κ2) is 70.1. The highest BCUT2D eigenvalue weighted by atomic mass is 16.6. The third kappa shape index (κ3) is 68.3. The van der Waals surface area contributed by atoms with Gasteiger partial charge < -0.3 is 14.2 Å². The molecular weight excluding hydrogens is 997 g/mol. The van der Waals surface area contributed by atoms with E-state index < -0.39 is 6.10 Å². The monoisotopic (exact) mass is 1140 g/mol. The van der Waals surface area contributed by atoms with Gasteiger partial charge >= 0.3 is 17.9 Å². The average Bonchev–Trinajstić information content (AvgIpc) is 3.47. The summed E-state index contributed by atoms with van der Waals surface area (Å²) in [5.74, 6) is -0.833. The first-order valence-electron chi connectivity index (χ1n) is 36.5. The van der Waals surface area contributed by atoms with Crippen LogP contribution in [0.5, 0.6) is 0 Å². The van der Waals surface area contributed by atoms with Crippen molar-refractivity contribution in [3.05, 3.63) is 36.5 Å². The van der Waals surface area contributed by atoms with Crippen molar-refractivity contribution in [1.29, 1.82) is 0 Å². The number of hydrogen-bond acceptors (Lipinski definition) is 6. The van der Waals surface area contributed by atoms with Crippen LogP contribution in [0.1, 0.15) is 406 Å². The summed E-state index contributed by atoms with van der Waals surface area (Å²) in [5, 5.41) is 0. The molecule has 476 valence electrons. The molecule has 0 aromatic carbocycles. The normalized spacial score (nSPS) is 12.2. The minimum atomic E-state index is -0.770. The summed E-state index contributed by atoms with van der Waals surface area (Å²) in [6, 6.07) is 0. The highest BCUT2D eigenvalue weighted by molar-refractivity contribution is 5.71. The van der Waals surface area contributed by atoms with Crippen molar-refractivity contribution in [2.24, 2.45) is 0 Å². The van der Waals surface area contributed by atoms with Gasteiger partial charge in [0.1, 0.15) is 13.2 Å². The van der Waals surface area contributed by atoms with Gasteiger partial charge in [0.2, 0.25) is 0 Å². The molecule has 0 rings (SSSR count). The second-order valence-corrected chi connectivity index (χ2v) is 24.9. The third-order valence-corrected chi connectivity index (χ3v) is 16.6. The molecule has 0 aliphatic rings. The largest absolute Gasteiger partial charge is 0.462 e. The Kier molecular flexibility index (Phi) is 68.1. The Bertz CT molecular complexity index is 1350. The molecule has 0 bridgehead atoms. The van der Waals surface area contributed by atoms with Crippen molar-refractivity contribution in [2.45, 2.75) is 412 Å². The number of ether oxygens (including phenoxy) is 3. The van der Waals surface area contributed by atoms with Crippen LogP contribution < -0.4 is 0 Å². The van der Waals surface area contributed by atoms with Crippen molar-refractivity contribution in [3.8, 4) is 0 Å². The maximum Gasteiger partial charge on any atom is 0.306 e. The fourth-order valence-corrected chi connectivity index (χ4v) is 11.2. The predicted octanol–water partition coefficient (Wildman–Crippen LogP) is 25.1. The van der Waals surface area contributed by atoms with Gasteiger partial charge in [-0.25, -0.2) is 0 Å². The summed E-state index contributed by atoms with van der Waals surface area (Å²) in [6.07, 6.45) is 87.4. The molecule has 0 saturated carbocycles. The van der Waals surface area contributed by atoms with Gasteiger partial charge in [-0.2, -0.15) is 0 Å². The van der Waals surface area contributed by atoms with Crippen LogP contribution in [0.4, 0.5) is 0 Å². The molecule has 6 nitrogen and oxygen atoms in total. The molecule has 0 fully saturated rings. The van der Waals surface area contributed by atoms with E-state index in [0.717, 1.165) is 70.6 Å². The summed E-state index contributed by atoms with van der Waals surface area (Å²) in [4.78, 5) is 38.5. The molecule has 0 spiro atoms. The zero-order valence-electron chi connectivity index (χ0n) is 54.8. The topological polar surface area (TPSA) is 78.9 Å². The molecular formula is C75H140O6. The average molecular weight is 1140 g/mol. The Morgan fingerprint density at radius 3 is 0.691 bits per heavy atom. The number of carbonyl (C=O) groups is 3. The van der Waals surface area contributed by atoms with Crippen molar-refractivity contribution < 1.29 is 28.6 Å². The van der Waals surface area contributed by atoms with Crippen LogP contribution in [0.15, 0.2) is 36.5 Å². The van der Waals surface area contributed by atoms with E-state index in [1.165, 1.54) is 295 Å². The highest BCUT2D eigenvalue weighted by Crippen LogP contribution is 2.19. The molecule has 0 N–H and O–H groups in total. The zero-order chi connectivity index (χ0) is 58.5. The molecule has 0 saturated heterocycles. The van der Waals surface area contributed by atoms with Crippen LogP contribution in [0.3, 0.4) is 0 Å². The Hall–Kier alpha value is -2.37. The molecule has 0 heterocycles. The molecule has 81 heavy (non-hydrogen) atoms. The molecule has 0 radical (unpaired) electrons. The van der Waals surface area contributed by atoms with E-state index in [9.17, 15) is 14.4 Å². The van der Waals surface area contributed by atoms with Crippen LogP contribution in [0.25, 0.3) is 0 Å². The molecule has 0 aromatic heterocycles. The van der Waals surface area contributed by atoms with Crippen molar-refractivity contribution in [3.63, 3.8) is 0 Å². The van der Waals surface area contributed by atoms with Crippen LogP contribution in [-0.2, 0) is 28.6 Å². The predicted molar refractivity (Wildman–Crippen MR) is 353 cm³/mol. The van der Waals surface area contributed by atoms with Gasteiger partial charge in [0.15, 0.2) is 6.10 Å². The maximum absolute atomic E-state index is 13.0. The number of unbranched alkanes of at least 4 members (excludes halogenated alkanes) is 51. The van der Waals surface area contributed by atoms with Gasteiger partial charge in [0, 0.05) is 19.3 Å². The maximum atomic E-state index is 13.0. The molecule has 0 aliphatic carbocycles. The Labute approximate surface area is 506 Å². The summed E-state index contributed by atoms with van der Waals surface area (Å²) >= 11 is 0. The Morgan fingerprint density at radius 2 is 0.444 bits per heavy atom. The SMILES string of the molecule is CCCCCCC/C=C\C/C=C\C/C=C\CCCCCCCCCCCCCCC(=O)OCC(COC(=O)CCCCCCCCCCCCCCCCCC)OC(=O)CCCCCCCCCCCCCCCCCCCCCC. The number of carbonyl (C=O) groups excluding carboxylic acids is 3. The Morgan fingerprint density at radius 1 is 0.247 bits per heavy atom. The van der Waals surface area contributed by atoms with Crippen molar-refractivity contribution in [2.75, 3.05) is 13.2 Å². The van der Waals surface area contributed by atoms with E-state index in [0.29, 0.717) is 19.3 Å². The fourth-order valence-electron chi connectivity index (χ4n) is 11.2. The molecule has 6 heteroatoms. The lowest BCUT2D eigenvalue weighted by molar-refractivity contribution is -0.167. The summed E-state index contributed by atoms with van der Waals surface area (Å²) < 4.78 is 17.0. The van der Waals surface area contributed by atoms with E-state index in [-0.39, 0.29) is 31.1 Å². The smallest absolute Gasteiger partial charge is 0.306 e. The molecule has 0 amide bonds. The first-order valence-corrected chi connectivity index (χ1v) is 36.5. The highest BCUT2D eigenvalue weighted by Gasteiger charge is 2.19. The molecule has 0 aromatic rings. The summed E-state index contributed by atoms with van der Waals surface area (Å²) in [5.41, 5.74) is 0. The van der Waals surface area contributed by atoms with Gasteiger partial charge in [-0.3, -0.25) is 14.4 Å². The fraction of sp³-hybridized carbons (Fsp3) is 0.880. The number of rotatable bonds is 68. The van der Waals surface area contributed by atoms with Crippen molar-refractivity contribution in [1.82, 2.24) is 0 Å². The molecule has 0 aliphatic heterocycles. The van der Waals surface area contributed by atoms with Crippen molar-refractivity contribution >= 4 is 17.9 Å². The molecule has 1 unspecified atom stereocenters. The number of esters is 3. The lowest BCUT2D eigenvalue weighted by Gasteiger charge is -2.18. The van der Waals surface area contributed by atoms with Crippen LogP contribution in [0, 0.1) is 0 Å². The first-order chi connectivity index (χ1) is 40.0. The minimum absolute atomic E-state index is 0.0656. The quantitative estimate of drug-likeness (QED) is 0.0261. The van der Waals surface area contributed by atoms with E-state index in [2.05, 4.69) is 57.2 Å². The van der Waals surface area contributed by atoms with Crippen LogP contribution in [-0.4, -0.2) is 37.2 Å². The van der Waals surface area contributed by atoms with E-state index >= 15 is 0 Å². The number of hydrogen-bond donors (Lipinski definition) is 0. The second-order valence-electron chi connectivity index (χ2n) is 24.9. The first kappa shape index (κ1) is 78.6. The zero-order valence-corrected chi connectivity index (χ0v) is 54.8. The summed E-state index contributed by atoms with van der Waals surface area (Å²) in [6.45, 7) is 6.71. The van der Waals surface area contributed by atoms with Crippen LogP contribution >= 0.6 is 0 Å². The van der Waals surface area contributed by atoms with Crippen LogP contribution in [0.2, 0.25) is 0 Å². The van der Waals surface area contributed by atoms with E-state index in [1.807, 2.05) is 0 Å². The van der Waals surface area contributed by atoms with Gasteiger partial charge in [0.25, 0.3) is 0 Å². The summed E-state index contributed by atoms with van der Waals surface area (Å²) in [7, 11) is 0. The Balaban J connectivity index is 4.26. The van der Waals surface area contributed by atoms with E-state index in [4.69, 9.17) is 14.2 Å². The lowest BCUT2D eigenvalue weighted by atomic mass is 10.0. The van der Waals surface area contributed by atoms with Gasteiger partial charge in [-0.05, 0) is 57.8 Å². The van der Waals surface area contributed by atoms with E-state index in [1.54, 1.807) is 0 Å². The minimum Gasteiger partial charge on any atom is -0.462 e. The lowest BCUT2D eigenvalue weighted by Crippen LogP contribution is -2.30. The standard InChI is InChI=1S/C75H140O6/c1-4-7-10-13-16-19-22-25-28-31-33-35-36-37-38-39-40-41-43-44-47-50-53-56-59-62-65-68-74(77)80-71-72(70-79-73(76)67-64-61-58-55-52-49-46-30-27-24-21-18-15-12-9-6-3)81-75(78)69-66-63-60-57-54-51-48-45-42-34-32-29-26-23-20-17-14-11-8-5-2/h22,25,31,33,36-37,72H,4-21,23-24,26-30,32,34-35,38-71H2,1-3H3/b25-22-,33-31-,37-36-. The third-order valence-electron chi connectivity index (χ3n) is 16.6. The van der Waals surface area contributed by atoms with Gasteiger partial charge in [-0.1, -0.05) is 365 Å². The van der Waals surface area contributed by atoms with Gasteiger partial charge in [0.05, 0.1) is 0 Å². The molecule has 1 atom stereocenters. The van der Waals surface area contributed by atoms with Gasteiger partial charge in [-0.15, -0.1) is 0 Å².